The van der Waals surface area contributed by atoms with Gasteiger partial charge in [0.25, 0.3) is 5.69 Å². The third-order valence-electron chi connectivity index (χ3n) is 2.65. The SMILES string of the molecule is COC(=O)C(CO)NS(=O)(=O)c1ccc(C)c([N+](=O)[O-])c1. The monoisotopic (exact) mass is 318 g/mol. The molecule has 116 valence electrons. The van der Waals surface area contributed by atoms with Crippen LogP contribution in [0.1, 0.15) is 5.56 Å². The quantitative estimate of drug-likeness (QED) is 0.418. The zero-order valence-corrected chi connectivity index (χ0v) is 12.1. The first-order chi connectivity index (χ1) is 9.72. The number of aliphatic hydroxyl groups is 1. The Morgan fingerprint density at radius 1 is 1.52 bits per heavy atom. The fourth-order valence-electron chi connectivity index (χ4n) is 1.51. The summed E-state index contributed by atoms with van der Waals surface area (Å²) in [6.07, 6.45) is 0. The lowest BCUT2D eigenvalue weighted by Gasteiger charge is -2.14. The second-order valence-electron chi connectivity index (χ2n) is 4.09. The molecule has 0 radical (unpaired) electrons. The van der Waals surface area contributed by atoms with Crippen LogP contribution in [0.3, 0.4) is 0 Å². The van der Waals surface area contributed by atoms with Gasteiger partial charge in [0, 0.05) is 11.6 Å². The standard InChI is InChI=1S/C11H14N2O7S/c1-7-3-4-8(5-10(7)13(16)17)21(18,19)12-9(6-14)11(15)20-2/h3-5,9,12,14H,6H2,1-2H3. The Bertz CT molecular complexity index is 657. The third kappa shape index (κ3) is 3.97. The number of carbonyl (C=O) groups is 1. The van der Waals surface area contributed by atoms with Crippen molar-refractivity contribution in [1.82, 2.24) is 4.72 Å². The molecule has 0 saturated carbocycles. The molecule has 2 N–H and O–H groups in total. The van der Waals surface area contributed by atoms with Crippen molar-refractivity contribution in [3.8, 4) is 0 Å². The second kappa shape index (κ2) is 6.61. The predicted octanol–water partition coefficient (Wildman–Crippen LogP) is -0.285. The van der Waals surface area contributed by atoms with Crippen molar-refractivity contribution in [2.45, 2.75) is 17.9 Å². The first-order valence-corrected chi connectivity index (χ1v) is 7.17. The molecule has 1 aromatic rings. The lowest BCUT2D eigenvalue weighted by atomic mass is 10.2. The van der Waals surface area contributed by atoms with Crippen LogP contribution in [0.5, 0.6) is 0 Å². The number of hydrogen-bond acceptors (Lipinski definition) is 7. The van der Waals surface area contributed by atoms with Crippen molar-refractivity contribution in [3.05, 3.63) is 33.9 Å². The number of hydrogen-bond donors (Lipinski definition) is 2. The number of rotatable bonds is 6. The molecule has 1 rings (SSSR count). The number of nitro groups is 1. The van der Waals surface area contributed by atoms with E-state index < -0.39 is 33.6 Å². The van der Waals surface area contributed by atoms with E-state index in [1.807, 2.05) is 4.72 Å². The Morgan fingerprint density at radius 3 is 2.62 bits per heavy atom. The van der Waals surface area contributed by atoms with Gasteiger partial charge in [-0.25, -0.2) is 8.42 Å². The fraction of sp³-hybridized carbons (Fsp3) is 0.364. The first kappa shape index (κ1) is 17.0. The molecule has 9 nitrogen and oxygen atoms in total. The smallest absolute Gasteiger partial charge is 0.326 e. The molecule has 0 saturated heterocycles. The van der Waals surface area contributed by atoms with Gasteiger partial charge in [-0.15, -0.1) is 0 Å². The summed E-state index contributed by atoms with van der Waals surface area (Å²) >= 11 is 0. The summed E-state index contributed by atoms with van der Waals surface area (Å²) in [5, 5.41) is 19.8. The van der Waals surface area contributed by atoms with Gasteiger partial charge in [0.05, 0.1) is 23.5 Å². The third-order valence-corrected chi connectivity index (χ3v) is 4.12. The molecule has 0 spiro atoms. The van der Waals surface area contributed by atoms with E-state index >= 15 is 0 Å². The molecule has 0 fully saturated rings. The number of nitro benzene ring substituents is 1. The highest BCUT2D eigenvalue weighted by molar-refractivity contribution is 7.89. The molecule has 0 aliphatic carbocycles. The number of carbonyl (C=O) groups excluding carboxylic acids is 1. The minimum Gasteiger partial charge on any atom is -0.468 e. The maximum absolute atomic E-state index is 12.1. The number of aryl methyl sites for hydroxylation is 1. The summed E-state index contributed by atoms with van der Waals surface area (Å²) in [4.78, 5) is 21.0. The summed E-state index contributed by atoms with van der Waals surface area (Å²) in [5.74, 6) is -0.970. The molecule has 1 atom stereocenters. The van der Waals surface area contributed by atoms with Crippen molar-refractivity contribution >= 4 is 21.7 Å². The number of nitrogens with zero attached hydrogens (tertiary/aromatic N) is 1. The zero-order valence-electron chi connectivity index (χ0n) is 11.3. The Labute approximate surface area is 120 Å². The number of aliphatic hydroxyl groups excluding tert-OH is 1. The maximum Gasteiger partial charge on any atom is 0.326 e. The molecule has 0 bridgehead atoms. The van der Waals surface area contributed by atoms with Crippen LogP contribution in [0.25, 0.3) is 0 Å². The van der Waals surface area contributed by atoms with Crippen LogP contribution >= 0.6 is 0 Å². The van der Waals surface area contributed by atoms with Gasteiger partial charge in [-0.05, 0) is 13.0 Å². The minimum absolute atomic E-state index is 0.297. The summed E-state index contributed by atoms with van der Waals surface area (Å²) in [5.41, 5.74) is -0.0675. The molecule has 0 aromatic heterocycles. The highest BCUT2D eigenvalue weighted by Gasteiger charge is 2.27. The molecule has 10 heteroatoms. The average Bonchev–Trinajstić information content (AvgIpc) is 2.43. The van der Waals surface area contributed by atoms with Crippen LogP contribution in [0.2, 0.25) is 0 Å². The van der Waals surface area contributed by atoms with Crippen molar-refractivity contribution in [2.75, 3.05) is 13.7 Å². The van der Waals surface area contributed by atoms with E-state index in [0.29, 0.717) is 5.56 Å². The van der Waals surface area contributed by atoms with E-state index in [1.54, 1.807) is 0 Å². The van der Waals surface area contributed by atoms with E-state index in [9.17, 15) is 23.3 Å². The zero-order chi connectivity index (χ0) is 16.2. The Hall–Kier alpha value is -2.04. The number of methoxy groups -OCH3 is 1. The lowest BCUT2D eigenvalue weighted by molar-refractivity contribution is -0.385. The lowest BCUT2D eigenvalue weighted by Crippen LogP contribution is -2.43. The maximum atomic E-state index is 12.1. The largest absolute Gasteiger partial charge is 0.468 e. The highest BCUT2D eigenvalue weighted by atomic mass is 32.2. The summed E-state index contributed by atoms with van der Waals surface area (Å²) in [6, 6.07) is 1.83. The predicted molar refractivity (Wildman–Crippen MR) is 71.0 cm³/mol. The first-order valence-electron chi connectivity index (χ1n) is 5.69. The van der Waals surface area contributed by atoms with Gasteiger partial charge >= 0.3 is 5.97 Å². The van der Waals surface area contributed by atoms with Gasteiger partial charge in [-0.3, -0.25) is 14.9 Å². The molecule has 0 heterocycles. The van der Waals surface area contributed by atoms with E-state index in [4.69, 9.17) is 5.11 Å². The summed E-state index contributed by atoms with van der Waals surface area (Å²) in [7, 11) is -3.18. The van der Waals surface area contributed by atoms with Gasteiger partial charge < -0.3 is 9.84 Å². The van der Waals surface area contributed by atoms with Crippen LogP contribution in [-0.2, 0) is 19.6 Å². The number of sulfonamides is 1. The van der Waals surface area contributed by atoms with Crippen LogP contribution in [-0.4, -0.2) is 44.2 Å². The van der Waals surface area contributed by atoms with E-state index in [1.165, 1.54) is 13.0 Å². The molecule has 0 aliphatic heterocycles. The van der Waals surface area contributed by atoms with E-state index in [2.05, 4.69) is 4.74 Å². The van der Waals surface area contributed by atoms with Crippen LogP contribution in [0.15, 0.2) is 23.1 Å². The van der Waals surface area contributed by atoms with Gasteiger partial charge in [0.15, 0.2) is 0 Å². The summed E-state index contributed by atoms with van der Waals surface area (Å²) in [6.45, 7) is 0.660. The molecule has 1 unspecified atom stereocenters. The second-order valence-corrected chi connectivity index (χ2v) is 5.80. The van der Waals surface area contributed by atoms with Crippen LogP contribution < -0.4 is 4.72 Å². The van der Waals surface area contributed by atoms with E-state index in [0.717, 1.165) is 19.2 Å². The van der Waals surface area contributed by atoms with Crippen LogP contribution in [0.4, 0.5) is 5.69 Å². The molecular formula is C11H14N2O7S. The van der Waals surface area contributed by atoms with Gasteiger partial charge in [-0.2, -0.15) is 4.72 Å². The number of ether oxygens (including phenoxy) is 1. The summed E-state index contributed by atoms with van der Waals surface area (Å²) < 4.78 is 30.4. The van der Waals surface area contributed by atoms with Crippen molar-refractivity contribution in [2.24, 2.45) is 0 Å². The molecular weight excluding hydrogens is 304 g/mol. The van der Waals surface area contributed by atoms with Crippen LogP contribution in [0, 0.1) is 17.0 Å². The van der Waals surface area contributed by atoms with Crippen molar-refractivity contribution < 1.29 is 28.0 Å². The van der Waals surface area contributed by atoms with Gasteiger partial charge in [0.1, 0.15) is 6.04 Å². The van der Waals surface area contributed by atoms with Crippen molar-refractivity contribution in [3.63, 3.8) is 0 Å². The average molecular weight is 318 g/mol. The molecule has 1 aromatic carbocycles. The van der Waals surface area contributed by atoms with E-state index in [-0.39, 0.29) is 10.6 Å². The molecule has 0 aliphatic rings. The highest BCUT2D eigenvalue weighted by Crippen LogP contribution is 2.22. The normalized spacial score (nSPS) is 12.7. The Balaban J connectivity index is 3.16. The van der Waals surface area contributed by atoms with Crippen molar-refractivity contribution in [1.29, 1.82) is 0 Å². The van der Waals surface area contributed by atoms with Gasteiger partial charge in [0.2, 0.25) is 10.0 Å². The topological polar surface area (TPSA) is 136 Å². The Kier molecular flexibility index (Phi) is 5.35. The molecule has 21 heavy (non-hydrogen) atoms. The fourth-order valence-corrected chi connectivity index (χ4v) is 2.71. The number of esters is 1. The Morgan fingerprint density at radius 2 is 2.14 bits per heavy atom. The minimum atomic E-state index is -4.21. The number of nitrogens with one attached hydrogen (secondary N) is 1. The molecule has 0 amide bonds. The van der Waals surface area contributed by atoms with Gasteiger partial charge in [-0.1, -0.05) is 6.07 Å². The number of benzene rings is 1.